The number of H-pyrrole nitrogens is 1. The fourth-order valence-corrected chi connectivity index (χ4v) is 7.42. The molecule has 2 aliphatic rings. The molecular weight excluding hydrogens is 538 g/mol. The van der Waals surface area contributed by atoms with E-state index in [2.05, 4.69) is 31.1 Å². The number of carboxylic acid groups (broad SMARTS) is 1. The molecule has 0 saturated carbocycles. The van der Waals surface area contributed by atoms with Gasteiger partial charge in [0.25, 0.3) is 21.9 Å². The molecule has 4 rings (SSSR count). The fourth-order valence-electron chi connectivity index (χ4n) is 3.74. The van der Waals surface area contributed by atoms with E-state index >= 15 is 0 Å². The topological polar surface area (TPSA) is 225 Å². The third-order valence-electron chi connectivity index (χ3n) is 5.29. The van der Waals surface area contributed by atoms with E-state index in [1.807, 2.05) is 0 Å². The summed E-state index contributed by atoms with van der Waals surface area (Å²) in [5.41, 5.74) is -0.0945. The number of hydrogen-bond acceptors (Lipinski definition) is 12. The van der Waals surface area contributed by atoms with Gasteiger partial charge >= 0.3 is 5.97 Å². The van der Waals surface area contributed by atoms with Crippen LogP contribution in [-0.4, -0.2) is 89.6 Å². The Bertz CT molecular complexity index is 1320. The average Bonchev–Trinajstić information content (AvgIpc) is 3.34. The minimum atomic E-state index is -4.56. The summed E-state index contributed by atoms with van der Waals surface area (Å²) in [6, 6.07) is 5.46. The van der Waals surface area contributed by atoms with Crippen molar-refractivity contribution in [1.29, 1.82) is 0 Å². The molecule has 0 spiro atoms. The number of carbonyl (C=O) groups is 3. The summed E-state index contributed by atoms with van der Waals surface area (Å²) in [6.45, 7) is 0. The molecule has 2 aromatic rings. The Balaban J connectivity index is 1.59. The molecule has 2 unspecified atom stereocenters. The lowest BCUT2D eigenvalue weighted by Gasteiger charge is -2.50. The third-order valence-corrected chi connectivity index (χ3v) is 8.68. The highest BCUT2D eigenvalue weighted by atomic mass is 32.2. The number of nitrogens with one attached hydrogen (secondary N) is 2. The second-order valence-corrected chi connectivity index (χ2v) is 11.3. The van der Waals surface area contributed by atoms with Crippen molar-refractivity contribution in [2.24, 2.45) is 5.18 Å². The molecule has 15 nitrogen and oxygen atoms in total. The first-order valence-electron chi connectivity index (χ1n) is 10.0. The molecule has 1 aromatic heterocycles. The summed E-state index contributed by atoms with van der Waals surface area (Å²) in [6.07, 6.45) is 0. The van der Waals surface area contributed by atoms with Crippen molar-refractivity contribution in [2.45, 2.75) is 27.9 Å². The lowest BCUT2D eigenvalue weighted by atomic mass is 10.0. The molecule has 2 amide bonds. The van der Waals surface area contributed by atoms with Crippen LogP contribution in [0, 0.1) is 4.91 Å². The van der Waals surface area contributed by atoms with E-state index in [9.17, 15) is 37.4 Å². The predicted octanol–water partition coefficient (Wildman–Crippen LogP) is -0.205. The number of nitroso groups, excluding NO2 is 1. The number of hydrogen-bond donors (Lipinski definition) is 4. The van der Waals surface area contributed by atoms with Crippen molar-refractivity contribution >= 4 is 51.4 Å². The third kappa shape index (κ3) is 5.25. The Morgan fingerprint density at radius 3 is 2.64 bits per heavy atom. The van der Waals surface area contributed by atoms with Crippen molar-refractivity contribution in [3.05, 3.63) is 52.1 Å². The maximum Gasteiger partial charge on any atom is 0.352 e. The van der Waals surface area contributed by atoms with E-state index in [-0.39, 0.29) is 16.5 Å². The molecule has 36 heavy (non-hydrogen) atoms. The Morgan fingerprint density at radius 2 is 2.06 bits per heavy atom. The highest BCUT2D eigenvalue weighted by Crippen LogP contribution is 2.44. The summed E-state index contributed by atoms with van der Waals surface area (Å²) in [4.78, 5) is 50.1. The molecule has 0 bridgehead atoms. The van der Waals surface area contributed by atoms with Crippen LogP contribution >= 0.6 is 23.5 Å². The van der Waals surface area contributed by atoms with Crippen molar-refractivity contribution in [3.63, 3.8) is 0 Å². The highest BCUT2D eigenvalue weighted by Gasteiger charge is 2.55. The quantitative estimate of drug-likeness (QED) is 0.129. The zero-order valence-corrected chi connectivity index (χ0v) is 20.4. The maximum absolute atomic E-state index is 12.9. The summed E-state index contributed by atoms with van der Waals surface area (Å²) in [5, 5.41) is 26.2. The Morgan fingerprint density at radius 1 is 1.33 bits per heavy atom. The zero-order valence-electron chi connectivity index (χ0n) is 17.9. The number of fused-ring (bicyclic) bond motifs is 1. The molecule has 0 aliphatic carbocycles. The van der Waals surface area contributed by atoms with Crippen LogP contribution in [0.25, 0.3) is 0 Å². The Labute approximate surface area is 211 Å². The summed E-state index contributed by atoms with van der Waals surface area (Å²) in [5.74, 6) is -3.99. The minimum Gasteiger partial charge on any atom is -0.477 e. The van der Waals surface area contributed by atoms with Crippen LogP contribution in [0.5, 0.6) is 0 Å². The number of carbonyl (C=O) groups excluding carboxylic acids is 2. The fraction of sp³-hybridized carbons (Fsp3) is 0.333. The molecular formula is C18H17N7O8S3. The standard InChI is InChI=1S/C18H17N7O8S3/c26-14(11(22-30)8-4-2-1-3-5-8)19-12-15(27)25-13(17(28)29)9(6-34-16(12)25)10(7-36(31,32)33)35-18-20-23-24-21-18/h1-5,10-12,16H,6-7H2,(H,19,26)(H,28,29)(H,31,32,33)(H,20,21,23,24)/t10?,11?,12-,16+/m1/s1. The Hall–Kier alpha value is -3.35. The van der Waals surface area contributed by atoms with Gasteiger partial charge in [-0.25, -0.2) is 4.79 Å². The predicted molar refractivity (Wildman–Crippen MR) is 125 cm³/mol. The first-order valence-corrected chi connectivity index (χ1v) is 13.6. The lowest BCUT2D eigenvalue weighted by molar-refractivity contribution is -0.150. The molecule has 1 aromatic carbocycles. The molecule has 0 radical (unpaired) electrons. The largest absolute Gasteiger partial charge is 0.477 e. The minimum absolute atomic E-state index is 0.00130. The van der Waals surface area contributed by atoms with Gasteiger partial charge in [0.05, 0.1) is 11.0 Å². The van der Waals surface area contributed by atoms with E-state index in [0.717, 1.165) is 28.4 Å². The average molecular weight is 556 g/mol. The van der Waals surface area contributed by atoms with Crippen LogP contribution in [0.1, 0.15) is 11.6 Å². The van der Waals surface area contributed by atoms with E-state index in [1.165, 1.54) is 12.1 Å². The smallest absolute Gasteiger partial charge is 0.352 e. The summed E-state index contributed by atoms with van der Waals surface area (Å²) >= 11 is 1.83. The molecule has 4 atom stereocenters. The highest BCUT2D eigenvalue weighted by molar-refractivity contribution is 8.01. The molecule has 1 fully saturated rings. The van der Waals surface area contributed by atoms with Gasteiger partial charge in [0, 0.05) is 5.75 Å². The van der Waals surface area contributed by atoms with Gasteiger partial charge in [0.2, 0.25) is 5.16 Å². The van der Waals surface area contributed by atoms with Crippen LogP contribution in [0.15, 0.2) is 51.9 Å². The number of aliphatic carboxylic acids is 1. The van der Waals surface area contributed by atoms with Crippen LogP contribution in [-0.2, 0) is 24.5 Å². The zero-order chi connectivity index (χ0) is 26.0. The van der Waals surface area contributed by atoms with Crippen LogP contribution < -0.4 is 5.32 Å². The van der Waals surface area contributed by atoms with Crippen LogP contribution in [0.4, 0.5) is 0 Å². The van der Waals surface area contributed by atoms with Crippen LogP contribution in [0.2, 0.25) is 0 Å². The number of nitrogens with zero attached hydrogens (tertiary/aromatic N) is 5. The molecule has 4 N–H and O–H groups in total. The van der Waals surface area contributed by atoms with Gasteiger partial charge in [-0.15, -0.1) is 26.9 Å². The number of tetrazole rings is 1. The van der Waals surface area contributed by atoms with E-state index in [4.69, 9.17) is 0 Å². The van der Waals surface area contributed by atoms with Crippen LogP contribution in [0.3, 0.4) is 0 Å². The number of β-lactam (4-membered cyclic amide) rings is 1. The van der Waals surface area contributed by atoms with Gasteiger partial charge in [-0.05, 0) is 16.3 Å². The number of aromatic nitrogens is 4. The van der Waals surface area contributed by atoms with Gasteiger partial charge in [-0.2, -0.15) is 13.6 Å². The second-order valence-electron chi connectivity index (χ2n) is 7.54. The van der Waals surface area contributed by atoms with E-state index in [0.29, 0.717) is 5.56 Å². The van der Waals surface area contributed by atoms with Gasteiger partial charge < -0.3 is 10.4 Å². The maximum atomic E-state index is 12.9. The van der Waals surface area contributed by atoms with E-state index < -0.39 is 62.1 Å². The lowest BCUT2D eigenvalue weighted by Crippen LogP contribution is -2.71. The van der Waals surface area contributed by atoms with Crippen molar-refractivity contribution < 1.29 is 32.5 Å². The summed E-state index contributed by atoms with van der Waals surface area (Å²) in [7, 11) is -4.56. The van der Waals surface area contributed by atoms with Gasteiger partial charge in [0.15, 0.2) is 6.04 Å². The first kappa shape index (κ1) is 25.7. The summed E-state index contributed by atoms with van der Waals surface area (Å²) < 4.78 is 32.7. The van der Waals surface area contributed by atoms with E-state index in [1.54, 1.807) is 18.2 Å². The van der Waals surface area contributed by atoms with Gasteiger partial charge in [-0.1, -0.05) is 47.3 Å². The van der Waals surface area contributed by atoms with Gasteiger partial charge in [-0.3, -0.25) is 19.0 Å². The Kier molecular flexibility index (Phi) is 7.38. The number of carboxylic acids is 1. The SMILES string of the molecule is O=NC(C(=O)N[C@@H]1C(=O)N2C(C(=O)O)=C(C(CS(=O)(=O)O)Sc3nn[nH]n3)CS[C@@H]12)c1ccccc1. The number of rotatable bonds is 10. The number of benzene rings is 1. The van der Waals surface area contributed by atoms with Crippen molar-refractivity contribution in [3.8, 4) is 0 Å². The molecule has 2 aliphatic heterocycles. The molecule has 18 heteroatoms. The molecule has 1 saturated heterocycles. The molecule has 3 heterocycles. The normalized spacial score (nSPS) is 21.2. The van der Waals surface area contributed by atoms with Crippen molar-refractivity contribution in [2.75, 3.05) is 11.5 Å². The van der Waals surface area contributed by atoms with Gasteiger partial charge in [0.1, 0.15) is 17.1 Å². The second kappa shape index (κ2) is 10.3. The number of aromatic amines is 1. The molecule has 190 valence electrons. The number of thioether (sulfide) groups is 2. The first-order chi connectivity index (χ1) is 17.1. The monoisotopic (exact) mass is 555 g/mol. The van der Waals surface area contributed by atoms with Crippen molar-refractivity contribution in [1.82, 2.24) is 30.8 Å². The number of amides is 2.